The first-order chi connectivity index (χ1) is 7.45. The molecule has 3 heteroatoms. The van der Waals surface area contributed by atoms with E-state index in [0.29, 0.717) is 12.0 Å². The van der Waals surface area contributed by atoms with Gasteiger partial charge < -0.3 is 9.84 Å². The minimum Gasteiger partial charge on any atom is -0.465 e. The third-order valence-corrected chi connectivity index (χ3v) is 2.66. The number of esters is 1. The summed E-state index contributed by atoms with van der Waals surface area (Å²) in [6.45, 7) is 5.58. The molecule has 16 heavy (non-hydrogen) atoms. The normalized spacial score (nSPS) is 12.3. The lowest BCUT2D eigenvalue weighted by atomic mass is 9.97. The number of methoxy groups -OCH3 is 1. The van der Waals surface area contributed by atoms with E-state index < -0.39 is 6.10 Å². The van der Waals surface area contributed by atoms with E-state index in [4.69, 9.17) is 4.74 Å². The highest BCUT2D eigenvalue weighted by Gasteiger charge is 2.13. The number of aryl methyl sites for hydroxylation is 1. The average Bonchev–Trinajstić information content (AvgIpc) is 2.21. The van der Waals surface area contributed by atoms with Crippen molar-refractivity contribution in [1.82, 2.24) is 0 Å². The maximum atomic E-state index is 11.5. The van der Waals surface area contributed by atoms with E-state index in [1.54, 1.807) is 13.0 Å². The van der Waals surface area contributed by atoms with Gasteiger partial charge in [-0.05, 0) is 49.9 Å². The molecule has 3 nitrogen and oxygen atoms in total. The summed E-state index contributed by atoms with van der Waals surface area (Å²) in [5, 5.41) is 9.34. The molecule has 0 radical (unpaired) electrons. The molecular weight excluding hydrogens is 204 g/mol. The van der Waals surface area contributed by atoms with E-state index in [2.05, 4.69) is 0 Å². The van der Waals surface area contributed by atoms with E-state index in [1.807, 2.05) is 19.9 Å². The standard InChI is InChI=1S/C13H18O3/c1-8-5-11(6-9(2)14)7-12(10(8)3)13(15)16-4/h5,7,9,14H,6H2,1-4H3. The summed E-state index contributed by atoms with van der Waals surface area (Å²) in [5.74, 6) is -0.326. The van der Waals surface area contributed by atoms with E-state index in [-0.39, 0.29) is 5.97 Å². The molecule has 0 aliphatic carbocycles. The van der Waals surface area contributed by atoms with Crippen molar-refractivity contribution in [2.24, 2.45) is 0 Å². The number of carbonyl (C=O) groups is 1. The van der Waals surface area contributed by atoms with Crippen LogP contribution in [0.25, 0.3) is 0 Å². The van der Waals surface area contributed by atoms with E-state index in [1.165, 1.54) is 7.11 Å². The molecule has 1 unspecified atom stereocenters. The van der Waals surface area contributed by atoms with Crippen molar-refractivity contribution in [2.75, 3.05) is 7.11 Å². The lowest BCUT2D eigenvalue weighted by molar-refractivity contribution is 0.0599. The zero-order chi connectivity index (χ0) is 12.3. The van der Waals surface area contributed by atoms with Crippen LogP contribution in [0.5, 0.6) is 0 Å². The maximum absolute atomic E-state index is 11.5. The minimum atomic E-state index is -0.410. The Bertz CT molecular complexity index is 394. The van der Waals surface area contributed by atoms with Crippen LogP contribution < -0.4 is 0 Å². The van der Waals surface area contributed by atoms with Gasteiger partial charge in [-0.15, -0.1) is 0 Å². The van der Waals surface area contributed by atoms with Gasteiger partial charge in [-0.1, -0.05) is 6.07 Å². The lowest BCUT2D eigenvalue weighted by Gasteiger charge is -2.11. The Morgan fingerprint density at radius 2 is 2.06 bits per heavy atom. The number of hydrogen-bond acceptors (Lipinski definition) is 3. The number of aliphatic hydroxyl groups excluding tert-OH is 1. The fourth-order valence-corrected chi connectivity index (χ4v) is 1.72. The van der Waals surface area contributed by atoms with Gasteiger partial charge in [0.1, 0.15) is 0 Å². The Hall–Kier alpha value is -1.35. The molecule has 0 aliphatic rings. The van der Waals surface area contributed by atoms with Gasteiger partial charge in [-0.3, -0.25) is 0 Å². The molecule has 1 aromatic rings. The molecule has 0 heterocycles. The zero-order valence-electron chi connectivity index (χ0n) is 10.2. The zero-order valence-corrected chi connectivity index (χ0v) is 10.2. The topological polar surface area (TPSA) is 46.5 Å². The Labute approximate surface area is 96.1 Å². The van der Waals surface area contributed by atoms with E-state index in [0.717, 1.165) is 16.7 Å². The molecule has 0 saturated heterocycles. The van der Waals surface area contributed by atoms with Crippen LogP contribution in [0.3, 0.4) is 0 Å². The molecule has 0 amide bonds. The van der Waals surface area contributed by atoms with E-state index in [9.17, 15) is 9.90 Å². The fraction of sp³-hybridized carbons (Fsp3) is 0.462. The first kappa shape index (κ1) is 12.7. The van der Waals surface area contributed by atoms with Gasteiger partial charge >= 0.3 is 5.97 Å². The molecule has 0 spiro atoms. The van der Waals surface area contributed by atoms with Crippen molar-refractivity contribution in [3.8, 4) is 0 Å². The SMILES string of the molecule is COC(=O)c1cc(CC(C)O)cc(C)c1C. The van der Waals surface area contributed by atoms with Crippen LogP contribution in [0.4, 0.5) is 0 Å². The summed E-state index contributed by atoms with van der Waals surface area (Å²) < 4.78 is 4.73. The average molecular weight is 222 g/mol. The summed E-state index contributed by atoms with van der Waals surface area (Å²) >= 11 is 0. The van der Waals surface area contributed by atoms with Crippen LogP contribution in [0.1, 0.15) is 34.0 Å². The van der Waals surface area contributed by atoms with Crippen LogP contribution in [-0.4, -0.2) is 24.3 Å². The first-order valence-corrected chi connectivity index (χ1v) is 5.32. The summed E-state index contributed by atoms with van der Waals surface area (Å²) in [7, 11) is 1.37. The molecule has 0 aromatic heterocycles. The predicted octanol–water partition coefficient (Wildman–Crippen LogP) is 2.01. The van der Waals surface area contributed by atoms with Gasteiger partial charge in [0.25, 0.3) is 0 Å². The predicted molar refractivity (Wildman–Crippen MR) is 62.6 cm³/mol. The number of aliphatic hydroxyl groups is 1. The molecule has 88 valence electrons. The second-order valence-corrected chi connectivity index (χ2v) is 4.13. The Kier molecular flexibility index (Phi) is 4.07. The number of rotatable bonds is 3. The van der Waals surface area contributed by atoms with Gasteiger partial charge in [-0.2, -0.15) is 0 Å². The molecule has 1 N–H and O–H groups in total. The Morgan fingerprint density at radius 3 is 2.56 bits per heavy atom. The molecule has 1 aromatic carbocycles. The second-order valence-electron chi connectivity index (χ2n) is 4.13. The quantitative estimate of drug-likeness (QED) is 0.796. The molecule has 1 atom stereocenters. The molecule has 0 fully saturated rings. The summed E-state index contributed by atoms with van der Waals surface area (Å²) in [6, 6.07) is 3.79. The maximum Gasteiger partial charge on any atom is 0.338 e. The van der Waals surface area contributed by atoms with Crippen molar-refractivity contribution in [1.29, 1.82) is 0 Å². The monoisotopic (exact) mass is 222 g/mol. The largest absolute Gasteiger partial charge is 0.465 e. The van der Waals surface area contributed by atoms with Crippen LogP contribution in [0.2, 0.25) is 0 Å². The summed E-state index contributed by atoms with van der Waals surface area (Å²) in [4.78, 5) is 11.5. The number of ether oxygens (including phenoxy) is 1. The van der Waals surface area contributed by atoms with Crippen LogP contribution in [-0.2, 0) is 11.2 Å². The van der Waals surface area contributed by atoms with Crippen LogP contribution >= 0.6 is 0 Å². The fourth-order valence-electron chi connectivity index (χ4n) is 1.72. The van der Waals surface area contributed by atoms with Crippen molar-refractivity contribution < 1.29 is 14.6 Å². The molecule has 0 saturated carbocycles. The minimum absolute atomic E-state index is 0.326. The summed E-state index contributed by atoms with van der Waals surface area (Å²) in [6.07, 6.45) is 0.137. The first-order valence-electron chi connectivity index (χ1n) is 5.32. The van der Waals surface area contributed by atoms with Gasteiger partial charge in [-0.25, -0.2) is 4.79 Å². The Balaban J connectivity index is 3.16. The number of carbonyl (C=O) groups excluding carboxylic acids is 1. The van der Waals surface area contributed by atoms with Gasteiger partial charge in [0.15, 0.2) is 0 Å². The van der Waals surface area contributed by atoms with E-state index >= 15 is 0 Å². The molecule has 0 aliphatic heterocycles. The van der Waals surface area contributed by atoms with Crippen molar-refractivity contribution in [2.45, 2.75) is 33.3 Å². The van der Waals surface area contributed by atoms with Crippen LogP contribution in [0.15, 0.2) is 12.1 Å². The van der Waals surface area contributed by atoms with Crippen LogP contribution in [0, 0.1) is 13.8 Å². The summed E-state index contributed by atoms with van der Waals surface area (Å²) in [5.41, 5.74) is 3.51. The highest BCUT2D eigenvalue weighted by Crippen LogP contribution is 2.18. The Morgan fingerprint density at radius 1 is 1.44 bits per heavy atom. The van der Waals surface area contributed by atoms with Gasteiger partial charge in [0, 0.05) is 0 Å². The number of hydrogen-bond donors (Lipinski definition) is 1. The van der Waals surface area contributed by atoms with Gasteiger partial charge in [0.05, 0.1) is 18.8 Å². The third-order valence-electron chi connectivity index (χ3n) is 2.66. The van der Waals surface area contributed by atoms with Gasteiger partial charge in [0.2, 0.25) is 0 Å². The smallest absolute Gasteiger partial charge is 0.338 e. The number of benzene rings is 1. The highest BCUT2D eigenvalue weighted by atomic mass is 16.5. The molecule has 0 bridgehead atoms. The van der Waals surface area contributed by atoms with Crippen molar-refractivity contribution in [3.63, 3.8) is 0 Å². The lowest BCUT2D eigenvalue weighted by Crippen LogP contribution is -2.09. The second kappa shape index (κ2) is 5.12. The molecular formula is C13H18O3. The molecule has 1 rings (SSSR count). The van der Waals surface area contributed by atoms with Crippen molar-refractivity contribution in [3.05, 3.63) is 34.4 Å². The highest BCUT2D eigenvalue weighted by molar-refractivity contribution is 5.91. The van der Waals surface area contributed by atoms with Crippen molar-refractivity contribution >= 4 is 5.97 Å². The third kappa shape index (κ3) is 2.83.